The van der Waals surface area contributed by atoms with Crippen molar-refractivity contribution in [3.63, 3.8) is 0 Å². The Balaban J connectivity index is 4.56. The van der Waals surface area contributed by atoms with Crippen molar-refractivity contribution in [2.45, 2.75) is 39.8 Å². The van der Waals surface area contributed by atoms with Crippen molar-refractivity contribution in [1.82, 2.24) is 0 Å². The molecule has 0 heterocycles. The quantitative estimate of drug-likeness (QED) is 0.777. The lowest BCUT2D eigenvalue weighted by molar-refractivity contribution is -0.182. The third-order valence-corrected chi connectivity index (χ3v) is 2.61. The van der Waals surface area contributed by atoms with Crippen LogP contribution in [0.4, 0.5) is 13.2 Å². The van der Waals surface area contributed by atoms with Gasteiger partial charge in [-0.15, -0.1) is 0 Å². The van der Waals surface area contributed by atoms with Gasteiger partial charge in [0.25, 0.3) is 0 Å². The highest BCUT2D eigenvalue weighted by Crippen LogP contribution is 2.37. The van der Waals surface area contributed by atoms with Crippen LogP contribution in [-0.4, -0.2) is 17.3 Å². The number of carboxylic acids is 1. The predicted octanol–water partition coefficient (Wildman–Crippen LogP) is 3.08. The molecule has 0 aliphatic rings. The van der Waals surface area contributed by atoms with E-state index in [0.717, 1.165) is 6.92 Å². The maximum Gasteiger partial charge on any atom is 0.391 e. The molecule has 0 aliphatic carbocycles. The Morgan fingerprint density at radius 3 is 2.07 bits per heavy atom. The van der Waals surface area contributed by atoms with Crippen molar-refractivity contribution >= 4 is 5.97 Å². The van der Waals surface area contributed by atoms with Gasteiger partial charge < -0.3 is 5.11 Å². The Morgan fingerprint density at radius 2 is 1.86 bits per heavy atom. The van der Waals surface area contributed by atoms with E-state index in [9.17, 15) is 18.0 Å². The molecule has 2 unspecified atom stereocenters. The van der Waals surface area contributed by atoms with Gasteiger partial charge >= 0.3 is 12.1 Å². The molecule has 5 heteroatoms. The van der Waals surface area contributed by atoms with Crippen LogP contribution in [0.1, 0.15) is 33.6 Å². The first-order valence-electron chi connectivity index (χ1n) is 4.43. The van der Waals surface area contributed by atoms with Gasteiger partial charge in [0.1, 0.15) is 0 Å². The minimum Gasteiger partial charge on any atom is -0.481 e. The van der Waals surface area contributed by atoms with Gasteiger partial charge in [0.05, 0.1) is 11.3 Å². The minimum atomic E-state index is -4.31. The first-order valence-corrected chi connectivity index (χ1v) is 4.43. The second kappa shape index (κ2) is 4.19. The van der Waals surface area contributed by atoms with Crippen LogP contribution in [0.5, 0.6) is 0 Å². The lowest BCUT2D eigenvalue weighted by Crippen LogP contribution is -2.33. The van der Waals surface area contributed by atoms with E-state index in [0.29, 0.717) is 0 Å². The highest BCUT2D eigenvalue weighted by Gasteiger charge is 2.43. The standard InChI is InChI=1S/C9H15F3O2/c1-4-8(3,7(13)14)5-6(2)9(10,11)12/h6H,4-5H2,1-3H3,(H,13,14). The first kappa shape index (κ1) is 13.3. The molecule has 0 saturated heterocycles. The van der Waals surface area contributed by atoms with Crippen molar-refractivity contribution in [1.29, 1.82) is 0 Å². The molecular formula is C9H15F3O2. The molecule has 0 amide bonds. The van der Waals surface area contributed by atoms with E-state index in [1.54, 1.807) is 6.92 Å². The number of carbonyl (C=O) groups is 1. The van der Waals surface area contributed by atoms with Gasteiger partial charge in [-0.25, -0.2) is 0 Å². The smallest absolute Gasteiger partial charge is 0.391 e. The Kier molecular flexibility index (Phi) is 3.97. The van der Waals surface area contributed by atoms with Crippen LogP contribution in [0, 0.1) is 11.3 Å². The summed E-state index contributed by atoms with van der Waals surface area (Å²) in [6.07, 6.45) is -4.49. The SMILES string of the molecule is CCC(C)(CC(C)C(F)(F)F)C(=O)O. The zero-order valence-electron chi connectivity index (χ0n) is 8.48. The first-order chi connectivity index (χ1) is 6.13. The topological polar surface area (TPSA) is 37.3 Å². The number of alkyl halides is 3. The normalized spacial score (nSPS) is 18.7. The van der Waals surface area contributed by atoms with Crippen molar-refractivity contribution in [2.24, 2.45) is 11.3 Å². The van der Waals surface area contributed by atoms with Crippen LogP contribution >= 0.6 is 0 Å². The number of aliphatic carboxylic acids is 1. The van der Waals surface area contributed by atoms with E-state index < -0.39 is 23.5 Å². The molecule has 2 nitrogen and oxygen atoms in total. The maximum atomic E-state index is 12.2. The van der Waals surface area contributed by atoms with Crippen LogP contribution in [0.3, 0.4) is 0 Å². The summed E-state index contributed by atoms with van der Waals surface area (Å²) in [5.41, 5.74) is -1.28. The zero-order valence-corrected chi connectivity index (χ0v) is 8.48. The average Bonchev–Trinajstić information content (AvgIpc) is 2.02. The van der Waals surface area contributed by atoms with Crippen LogP contribution in [0.15, 0.2) is 0 Å². The van der Waals surface area contributed by atoms with Crippen molar-refractivity contribution in [3.05, 3.63) is 0 Å². The van der Waals surface area contributed by atoms with Crippen LogP contribution < -0.4 is 0 Å². The van der Waals surface area contributed by atoms with Gasteiger partial charge in [-0.2, -0.15) is 13.2 Å². The summed E-state index contributed by atoms with van der Waals surface area (Å²) in [6.45, 7) is 3.94. The van der Waals surface area contributed by atoms with Crippen LogP contribution in [0.2, 0.25) is 0 Å². The number of carboxylic acid groups (broad SMARTS) is 1. The fourth-order valence-electron chi connectivity index (χ4n) is 1.17. The van der Waals surface area contributed by atoms with Gasteiger partial charge in [0, 0.05) is 0 Å². The largest absolute Gasteiger partial charge is 0.481 e. The molecule has 0 rings (SSSR count). The minimum absolute atomic E-state index is 0.197. The molecular weight excluding hydrogens is 197 g/mol. The van der Waals surface area contributed by atoms with Crippen LogP contribution in [0.25, 0.3) is 0 Å². The summed E-state index contributed by atoms with van der Waals surface area (Å²) in [6, 6.07) is 0. The van der Waals surface area contributed by atoms with E-state index in [-0.39, 0.29) is 12.8 Å². The molecule has 0 aliphatic heterocycles. The summed E-state index contributed by atoms with van der Waals surface area (Å²) in [4.78, 5) is 10.7. The van der Waals surface area contributed by atoms with E-state index in [1.807, 2.05) is 0 Å². The molecule has 14 heavy (non-hydrogen) atoms. The lowest BCUT2D eigenvalue weighted by atomic mass is 9.79. The molecule has 1 N–H and O–H groups in total. The monoisotopic (exact) mass is 212 g/mol. The summed E-state index contributed by atoms with van der Waals surface area (Å²) >= 11 is 0. The van der Waals surface area contributed by atoms with Gasteiger partial charge in [0.2, 0.25) is 0 Å². The second-order valence-electron chi connectivity index (χ2n) is 3.87. The molecule has 2 atom stereocenters. The Hall–Kier alpha value is -0.740. The molecule has 0 fully saturated rings. The Bertz CT molecular complexity index is 213. The summed E-state index contributed by atoms with van der Waals surface area (Å²) in [7, 11) is 0. The van der Waals surface area contributed by atoms with Crippen molar-refractivity contribution in [3.8, 4) is 0 Å². The van der Waals surface area contributed by atoms with Gasteiger partial charge in [-0.3, -0.25) is 4.79 Å². The molecule has 0 aromatic heterocycles. The zero-order chi connectivity index (χ0) is 11.6. The van der Waals surface area contributed by atoms with Crippen LogP contribution in [-0.2, 0) is 4.79 Å². The number of rotatable bonds is 4. The molecule has 0 spiro atoms. The van der Waals surface area contributed by atoms with Gasteiger partial charge in [0.15, 0.2) is 0 Å². The third-order valence-electron chi connectivity index (χ3n) is 2.61. The number of hydrogen-bond donors (Lipinski definition) is 1. The van der Waals surface area contributed by atoms with Crippen molar-refractivity contribution in [2.75, 3.05) is 0 Å². The highest BCUT2D eigenvalue weighted by molar-refractivity contribution is 5.74. The maximum absolute atomic E-state index is 12.2. The summed E-state index contributed by atoms with van der Waals surface area (Å²) in [5, 5.41) is 8.78. The number of hydrogen-bond acceptors (Lipinski definition) is 1. The van der Waals surface area contributed by atoms with E-state index in [2.05, 4.69) is 0 Å². The molecule has 84 valence electrons. The molecule has 0 aromatic rings. The van der Waals surface area contributed by atoms with E-state index >= 15 is 0 Å². The Labute approximate surface area is 81.1 Å². The highest BCUT2D eigenvalue weighted by atomic mass is 19.4. The van der Waals surface area contributed by atoms with Crippen molar-refractivity contribution < 1.29 is 23.1 Å². The van der Waals surface area contributed by atoms with Gasteiger partial charge in [-0.1, -0.05) is 13.8 Å². The summed E-state index contributed by atoms with van der Waals surface area (Å²) in [5.74, 6) is -2.75. The van der Waals surface area contributed by atoms with E-state index in [1.165, 1.54) is 6.92 Å². The molecule has 0 saturated carbocycles. The lowest BCUT2D eigenvalue weighted by Gasteiger charge is -2.27. The predicted molar refractivity (Wildman–Crippen MR) is 45.9 cm³/mol. The molecule has 0 aromatic carbocycles. The third kappa shape index (κ3) is 3.20. The Morgan fingerprint density at radius 1 is 1.43 bits per heavy atom. The second-order valence-corrected chi connectivity index (χ2v) is 3.87. The van der Waals surface area contributed by atoms with E-state index in [4.69, 9.17) is 5.11 Å². The fourth-order valence-corrected chi connectivity index (χ4v) is 1.17. The average molecular weight is 212 g/mol. The van der Waals surface area contributed by atoms with Gasteiger partial charge in [-0.05, 0) is 19.8 Å². The molecule has 0 bridgehead atoms. The number of halogens is 3. The fraction of sp³-hybridized carbons (Fsp3) is 0.889. The molecule has 0 radical (unpaired) electrons. The summed E-state index contributed by atoms with van der Waals surface area (Å²) < 4.78 is 36.6.